The summed E-state index contributed by atoms with van der Waals surface area (Å²) in [6.45, 7) is 4.81. The van der Waals surface area contributed by atoms with Gasteiger partial charge in [0.15, 0.2) is 5.17 Å². The van der Waals surface area contributed by atoms with Gasteiger partial charge in [0.2, 0.25) is 0 Å². The van der Waals surface area contributed by atoms with Gasteiger partial charge in [-0.3, -0.25) is 14.5 Å². The molecular weight excluding hydrogens is 488 g/mol. The first kappa shape index (κ1) is 25.9. The second-order valence-corrected chi connectivity index (χ2v) is 9.81. The highest BCUT2D eigenvalue weighted by Crippen LogP contribution is 2.33. The lowest BCUT2D eigenvalue weighted by Crippen LogP contribution is -2.23. The van der Waals surface area contributed by atoms with E-state index < -0.39 is 11.8 Å². The molecule has 1 saturated heterocycles. The summed E-state index contributed by atoms with van der Waals surface area (Å²) in [5, 5.41) is 9.31. The maximum atomic E-state index is 12.7. The fourth-order valence-corrected chi connectivity index (χ4v) is 4.54. The quantitative estimate of drug-likeness (QED) is 0.229. The van der Waals surface area contributed by atoms with E-state index >= 15 is 0 Å². The Morgan fingerprint density at radius 1 is 1.00 bits per heavy atom. The summed E-state index contributed by atoms with van der Waals surface area (Å²) in [5.41, 5.74) is 3.82. The Balaban J connectivity index is 1.40. The fraction of sp³-hybridized carbons (Fsp3) is 0.172. The molecule has 0 atom stereocenters. The second kappa shape index (κ2) is 11.3. The van der Waals surface area contributed by atoms with E-state index in [1.165, 1.54) is 34.4 Å². The van der Waals surface area contributed by atoms with Crippen molar-refractivity contribution in [3.8, 4) is 5.75 Å². The van der Waals surface area contributed by atoms with Crippen molar-refractivity contribution >= 4 is 46.4 Å². The predicted molar refractivity (Wildman–Crippen MR) is 145 cm³/mol. The number of carboxylic acid groups (broad SMARTS) is 1. The Morgan fingerprint density at radius 3 is 2.24 bits per heavy atom. The van der Waals surface area contributed by atoms with Crippen LogP contribution < -0.4 is 4.74 Å². The number of hydrogen-bond acceptors (Lipinski definition) is 6. The van der Waals surface area contributed by atoms with Gasteiger partial charge in [-0.05, 0) is 76.8 Å². The standard InChI is InChI=1S/C29H26N2O5S/c1-18(2)21-8-4-20(5-9-21)17-36-24-14-6-19(7-15-24)16-25-27(33)31(3)29(37-25)30-23-12-10-22(11-13-23)26(32)28(34)35/h4-16,18H,17H2,1-3H3,(H,34,35)/b25-16+,30-29?. The number of ether oxygens (including phenoxy) is 1. The van der Waals surface area contributed by atoms with Gasteiger partial charge in [-0.25, -0.2) is 9.79 Å². The molecule has 0 radical (unpaired) electrons. The van der Waals surface area contributed by atoms with Crippen LogP contribution in [0.4, 0.5) is 5.69 Å². The largest absolute Gasteiger partial charge is 0.489 e. The third kappa shape index (κ3) is 6.34. The molecule has 37 heavy (non-hydrogen) atoms. The van der Waals surface area contributed by atoms with Crippen molar-refractivity contribution in [2.24, 2.45) is 4.99 Å². The molecule has 1 fully saturated rings. The van der Waals surface area contributed by atoms with Gasteiger partial charge in [-0.15, -0.1) is 0 Å². The lowest BCUT2D eigenvalue weighted by atomic mass is 10.0. The van der Waals surface area contributed by atoms with Crippen LogP contribution in [0, 0.1) is 0 Å². The fourth-order valence-electron chi connectivity index (χ4n) is 3.55. The highest BCUT2D eigenvalue weighted by atomic mass is 32.2. The number of nitrogens with zero attached hydrogens (tertiary/aromatic N) is 2. The van der Waals surface area contributed by atoms with Crippen molar-refractivity contribution in [1.29, 1.82) is 0 Å². The summed E-state index contributed by atoms with van der Waals surface area (Å²) in [6.07, 6.45) is 1.80. The van der Waals surface area contributed by atoms with E-state index in [4.69, 9.17) is 9.84 Å². The third-order valence-corrected chi connectivity index (χ3v) is 6.84. The zero-order chi connectivity index (χ0) is 26.5. The Kier molecular flexibility index (Phi) is 7.89. The van der Waals surface area contributed by atoms with Gasteiger partial charge in [0.1, 0.15) is 12.4 Å². The van der Waals surface area contributed by atoms with Crippen LogP contribution in [0.15, 0.2) is 82.7 Å². The van der Waals surface area contributed by atoms with Crippen LogP contribution >= 0.6 is 11.8 Å². The van der Waals surface area contributed by atoms with E-state index in [-0.39, 0.29) is 11.5 Å². The summed E-state index contributed by atoms with van der Waals surface area (Å²) in [7, 11) is 1.64. The molecule has 1 N–H and O–H groups in total. The van der Waals surface area contributed by atoms with Crippen LogP contribution in [-0.4, -0.2) is 39.9 Å². The molecule has 0 aromatic heterocycles. The Labute approximate surface area is 219 Å². The number of hydrogen-bond donors (Lipinski definition) is 1. The average molecular weight is 515 g/mol. The van der Waals surface area contributed by atoms with Crippen LogP contribution in [0.3, 0.4) is 0 Å². The van der Waals surface area contributed by atoms with Crippen molar-refractivity contribution in [3.05, 3.63) is 100.0 Å². The number of carbonyl (C=O) groups excluding carboxylic acids is 2. The molecule has 0 bridgehead atoms. The van der Waals surface area contributed by atoms with E-state index in [2.05, 4.69) is 43.1 Å². The molecule has 3 aromatic rings. The number of Topliss-reactive ketones (excluding diaryl/α,β-unsaturated/α-hetero) is 1. The monoisotopic (exact) mass is 514 g/mol. The normalized spacial score (nSPS) is 15.6. The average Bonchev–Trinajstić information content (AvgIpc) is 3.16. The molecule has 1 aliphatic rings. The smallest absolute Gasteiger partial charge is 0.377 e. The van der Waals surface area contributed by atoms with Gasteiger partial charge in [0.25, 0.3) is 11.7 Å². The number of amidine groups is 1. The first-order valence-electron chi connectivity index (χ1n) is 11.7. The number of carbonyl (C=O) groups is 3. The molecule has 0 aliphatic carbocycles. The highest BCUT2D eigenvalue weighted by molar-refractivity contribution is 8.18. The summed E-state index contributed by atoms with van der Waals surface area (Å²) >= 11 is 1.24. The molecule has 0 spiro atoms. The lowest BCUT2D eigenvalue weighted by molar-refractivity contribution is -0.131. The van der Waals surface area contributed by atoms with Gasteiger partial charge in [0.05, 0.1) is 10.6 Å². The molecule has 4 rings (SSSR count). The number of carboxylic acids is 1. The summed E-state index contributed by atoms with van der Waals surface area (Å²) in [5.74, 6) is -1.44. The van der Waals surface area contributed by atoms with Crippen LogP contribution in [0.2, 0.25) is 0 Å². The van der Waals surface area contributed by atoms with Crippen molar-refractivity contribution in [2.75, 3.05) is 7.05 Å². The number of ketones is 1. The minimum absolute atomic E-state index is 0.0667. The highest BCUT2D eigenvalue weighted by Gasteiger charge is 2.30. The topological polar surface area (TPSA) is 96.3 Å². The summed E-state index contributed by atoms with van der Waals surface area (Å²) < 4.78 is 5.90. The van der Waals surface area contributed by atoms with Gasteiger partial charge in [-0.1, -0.05) is 50.2 Å². The maximum Gasteiger partial charge on any atom is 0.377 e. The number of thioether (sulfide) groups is 1. The first-order chi connectivity index (χ1) is 17.7. The Hall–Kier alpha value is -4.17. The Morgan fingerprint density at radius 2 is 1.65 bits per heavy atom. The molecule has 1 amide bonds. The lowest BCUT2D eigenvalue weighted by Gasteiger charge is -2.09. The molecule has 7 nitrogen and oxygen atoms in total. The zero-order valence-corrected chi connectivity index (χ0v) is 21.5. The van der Waals surface area contributed by atoms with Crippen molar-refractivity contribution in [3.63, 3.8) is 0 Å². The summed E-state index contributed by atoms with van der Waals surface area (Å²) in [4.78, 5) is 41.6. The first-order valence-corrected chi connectivity index (χ1v) is 12.5. The van der Waals surface area contributed by atoms with Gasteiger partial charge >= 0.3 is 5.97 Å². The van der Waals surface area contributed by atoms with Crippen LogP contribution in [0.5, 0.6) is 5.75 Å². The van der Waals surface area contributed by atoms with E-state index in [0.29, 0.717) is 28.3 Å². The van der Waals surface area contributed by atoms with E-state index in [1.54, 1.807) is 25.3 Å². The number of amides is 1. The zero-order valence-electron chi connectivity index (χ0n) is 20.7. The molecule has 1 heterocycles. The molecule has 1 aliphatic heterocycles. The van der Waals surface area contributed by atoms with Crippen molar-refractivity contribution in [1.82, 2.24) is 4.90 Å². The molecule has 8 heteroatoms. The predicted octanol–water partition coefficient (Wildman–Crippen LogP) is 5.89. The third-order valence-electron chi connectivity index (χ3n) is 5.78. The molecular formula is C29H26N2O5S. The maximum absolute atomic E-state index is 12.7. The number of likely N-dealkylation sites (N-methyl/N-ethyl adjacent to an activating group) is 1. The van der Waals surface area contributed by atoms with Crippen LogP contribution in [-0.2, 0) is 16.2 Å². The number of rotatable bonds is 8. The van der Waals surface area contributed by atoms with Gasteiger partial charge in [0, 0.05) is 12.6 Å². The molecule has 0 saturated carbocycles. The Bertz CT molecular complexity index is 1380. The summed E-state index contributed by atoms with van der Waals surface area (Å²) in [6, 6.07) is 21.8. The second-order valence-electron chi connectivity index (χ2n) is 8.80. The van der Waals surface area contributed by atoms with Gasteiger partial charge < -0.3 is 9.84 Å². The van der Waals surface area contributed by atoms with Crippen molar-refractivity contribution in [2.45, 2.75) is 26.4 Å². The van der Waals surface area contributed by atoms with E-state index in [9.17, 15) is 14.4 Å². The van der Waals surface area contributed by atoms with E-state index in [0.717, 1.165) is 16.9 Å². The van der Waals surface area contributed by atoms with Crippen LogP contribution in [0.25, 0.3) is 6.08 Å². The molecule has 3 aromatic carbocycles. The van der Waals surface area contributed by atoms with Crippen LogP contribution in [0.1, 0.15) is 46.8 Å². The van der Waals surface area contributed by atoms with E-state index in [1.807, 2.05) is 24.3 Å². The molecule has 188 valence electrons. The SMILES string of the molecule is CC(C)c1ccc(COc2ccc(/C=C3/SC(=Nc4ccc(C(=O)C(=O)O)cc4)N(C)C3=O)cc2)cc1. The number of aliphatic carboxylic acids is 1. The van der Waals surface area contributed by atoms with Crippen molar-refractivity contribution < 1.29 is 24.2 Å². The minimum atomic E-state index is -1.51. The number of benzene rings is 3. The molecule has 0 unspecified atom stereocenters. The number of aliphatic imine (C=N–C) groups is 1. The minimum Gasteiger partial charge on any atom is -0.489 e. The van der Waals surface area contributed by atoms with Gasteiger partial charge in [-0.2, -0.15) is 0 Å².